The molecule has 4 aliphatic rings. The second-order valence-corrected chi connectivity index (χ2v) is 20.3. The average Bonchev–Trinajstić information content (AvgIpc) is 3.67. The van der Waals surface area contributed by atoms with Crippen molar-refractivity contribution < 1.29 is 69.2 Å². The maximum absolute atomic E-state index is 16.0. The second-order valence-electron chi connectivity index (χ2n) is 16.2. The number of aromatic amines is 1. The lowest BCUT2D eigenvalue weighted by molar-refractivity contribution is -0.158. The molecule has 4 aliphatic heterocycles. The van der Waals surface area contributed by atoms with E-state index in [2.05, 4.69) is 4.98 Å². The number of nitrogens with one attached hydrogen (secondary N) is 1. The van der Waals surface area contributed by atoms with Crippen LogP contribution in [0.2, 0.25) is 10.0 Å². The number of aromatic nitrogens is 4. The number of phosphoric ester groups is 2. The molecule has 6 heterocycles. The predicted molar refractivity (Wildman–Crippen MR) is 236 cm³/mol. The summed E-state index contributed by atoms with van der Waals surface area (Å²) in [6.07, 6.45) is -7.02. The number of alkyl halides is 2. The summed E-state index contributed by atoms with van der Waals surface area (Å²) in [5, 5.41) is 11.4. The minimum Gasteiger partial charge on any atom is -0.456 e. The van der Waals surface area contributed by atoms with Gasteiger partial charge >= 0.3 is 33.0 Å². The molecule has 27 heteroatoms. The molecule has 4 fully saturated rings. The summed E-state index contributed by atoms with van der Waals surface area (Å²) in [5.74, 6) is -0.756. The first-order valence-corrected chi connectivity index (χ1v) is 24.7. The molecular weight excluding hydrogens is 989 g/mol. The van der Waals surface area contributed by atoms with Crippen molar-refractivity contribution in [3.8, 4) is 0 Å². The number of nitrogens with zero attached hydrogens (tertiary/aromatic N) is 3. The molecule has 0 amide bonds. The smallest absolute Gasteiger partial charge is 0.456 e. The molecule has 4 N–H and O–H groups in total. The number of esters is 1. The molecule has 68 heavy (non-hydrogen) atoms. The monoisotopic (exact) mass is 1040 g/mol. The van der Waals surface area contributed by atoms with Gasteiger partial charge in [0, 0.05) is 47.8 Å². The number of ether oxygens (including phenoxy) is 3. The first-order valence-electron chi connectivity index (χ1n) is 21.0. The van der Waals surface area contributed by atoms with E-state index in [1.165, 1.54) is 19.2 Å². The molecule has 0 radical (unpaired) electrons. The van der Waals surface area contributed by atoms with E-state index < -0.39 is 112 Å². The highest BCUT2D eigenvalue weighted by atomic mass is 35.5. The third kappa shape index (κ3) is 11.7. The number of halogens is 4. The highest BCUT2D eigenvalue weighted by Gasteiger charge is 2.59. The van der Waals surface area contributed by atoms with E-state index in [1.807, 2.05) is 4.98 Å². The Morgan fingerprint density at radius 1 is 0.853 bits per heavy atom. The summed E-state index contributed by atoms with van der Waals surface area (Å²) in [5.41, 5.74) is -0.402. The largest absolute Gasteiger partial charge is 0.475 e. The van der Waals surface area contributed by atoms with Gasteiger partial charge in [-0.3, -0.25) is 50.8 Å². The average molecular weight is 1040 g/mol. The zero-order chi connectivity index (χ0) is 49.2. The van der Waals surface area contributed by atoms with Crippen LogP contribution in [-0.2, 0) is 55.3 Å². The Kier molecular flexibility index (Phi) is 16.0. The third-order valence-electron chi connectivity index (χ3n) is 11.2. The number of carbonyl (C=O) groups excluding carboxylic acids is 1. The number of H-pyrrole nitrogens is 1. The number of anilines is 1. The molecule has 0 aliphatic carbocycles. The number of aliphatic hydroxyl groups is 1. The lowest BCUT2D eigenvalue weighted by Crippen LogP contribution is -2.46. The van der Waals surface area contributed by atoms with E-state index in [-0.39, 0.29) is 25.5 Å². The fraction of sp³-hybridized carbons (Fsp3) is 0.488. The van der Waals surface area contributed by atoms with Crippen LogP contribution in [0, 0.1) is 0 Å². The van der Waals surface area contributed by atoms with Gasteiger partial charge in [0.15, 0.2) is 29.9 Å². The van der Waals surface area contributed by atoms with Crippen LogP contribution in [-0.4, -0.2) is 92.4 Å². The van der Waals surface area contributed by atoms with Gasteiger partial charge in [-0.1, -0.05) is 54.4 Å². The van der Waals surface area contributed by atoms with Crippen molar-refractivity contribution in [1.82, 2.24) is 19.1 Å². The van der Waals surface area contributed by atoms with Gasteiger partial charge in [0.2, 0.25) is 0 Å². The Labute approximate surface area is 395 Å². The highest BCUT2D eigenvalue weighted by Crippen LogP contribution is 2.59. The van der Waals surface area contributed by atoms with Gasteiger partial charge in [-0.2, -0.15) is 4.98 Å². The zero-order valence-electron chi connectivity index (χ0n) is 36.4. The summed E-state index contributed by atoms with van der Waals surface area (Å²) < 4.78 is 108. The molecule has 8 rings (SSSR count). The summed E-state index contributed by atoms with van der Waals surface area (Å²) in [6, 6.07) is 16.1. The molecule has 0 bridgehead atoms. The van der Waals surface area contributed by atoms with E-state index in [1.54, 1.807) is 48.5 Å². The van der Waals surface area contributed by atoms with Gasteiger partial charge in [-0.25, -0.2) is 27.5 Å². The van der Waals surface area contributed by atoms with Crippen molar-refractivity contribution in [2.45, 2.75) is 100 Å². The van der Waals surface area contributed by atoms with Crippen LogP contribution >= 0.6 is 38.8 Å². The molecule has 12 atom stereocenters. The molecule has 0 saturated carbocycles. The van der Waals surface area contributed by atoms with Gasteiger partial charge in [-0.15, -0.1) is 0 Å². The maximum Gasteiger partial charge on any atom is 0.475 e. The molecule has 4 saturated heterocycles. The normalized spacial score (nSPS) is 33.6. The molecular formula is C41H47Cl2F2N5O16P2. The Balaban J connectivity index is 0.000000203. The Bertz CT molecular complexity index is 2750. The molecule has 21 nitrogen and oxygen atoms in total. The Hall–Kier alpha value is -4.19. The van der Waals surface area contributed by atoms with E-state index in [0.717, 1.165) is 35.2 Å². The lowest BCUT2D eigenvalue weighted by atomic mass is 9.98. The van der Waals surface area contributed by atoms with Gasteiger partial charge in [-0.05, 0) is 55.3 Å². The number of nitrogens with two attached hydrogens (primary N) is 1. The molecule has 6 unspecified atom stereocenters. The zero-order valence-corrected chi connectivity index (χ0v) is 39.7. The summed E-state index contributed by atoms with van der Waals surface area (Å²) >= 11 is 12.0. The van der Waals surface area contributed by atoms with Crippen molar-refractivity contribution in [2.24, 2.45) is 0 Å². The van der Waals surface area contributed by atoms with Gasteiger partial charge in [0.05, 0.1) is 38.6 Å². The SMILES string of the molecule is CCC(=O)O[C@@H]1C(CO[P@@]2(=O)OCCC(c3cccc(Cl)c3)O2)OC(n2ccc(=O)[nH]c2=O)[C@]1(C)F.C[C@]1(F)C(n2ccc(N)nc2=O)OC(CO[P@@]2(=O)OCCC(c3cccc(Cl)c3)O2)[C@H]1O. The number of benzene rings is 2. The number of hydrogen-bond acceptors (Lipinski definition) is 18. The van der Waals surface area contributed by atoms with Gasteiger partial charge in [0.25, 0.3) is 5.56 Å². The molecule has 2 aromatic carbocycles. The van der Waals surface area contributed by atoms with Crippen molar-refractivity contribution in [3.05, 3.63) is 126 Å². The number of rotatable bonds is 12. The lowest BCUT2D eigenvalue weighted by Gasteiger charge is -2.30. The summed E-state index contributed by atoms with van der Waals surface area (Å²) in [7, 11) is -8.15. The number of hydrogen-bond donors (Lipinski definition) is 3. The molecule has 4 aromatic rings. The first-order chi connectivity index (χ1) is 32.1. The third-order valence-corrected chi connectivity index (χ3v) is 14.6. The van der Waals surface area contributed by atoms with E-state index in [9.17, 15) is 33.4 Å². The van der Waals surface area contributed by atoms with Crippen molar-refractivity contribution >= 4 is 50.6 Å². The quantitative estimate of drug-likeness (QED) is 0.105. The molecule has 0 spiro atoms. The van der Waals surface area contributed by atoms with Crippen LogP contribution < -0.4 is 22.7 Å². The number of aliphatic hydroxyl groups excluding tert-OH is 1. The second kappa shape index (κ2) is 21.0. The molecule has 370 valence electrons. The van der Waals surface area contributed by atoms with E-state index in [4.69, 9.17) is 70.3 Å². The van der Waals surface area contributed by atoms with E-state index >= 15 is 8.78 Å². The highest BCUT2D eigenvalue weighted by molar-refractivity contribution is 7.48. The minimum absolute atomic E-state index is 0.0378. The minimum atomic E-state index is -4.12. The topological polar surface area (TPSA) is 270 Å². The van der Waals surface area contributed by atoms with Crippen LogP contribution in [0.15, 0.2) is 87.4 Å². The number of phosphoric acid groups is 2. The van der Waals surface area contributed by atoms with E-state index in [0.29, 0.717) is 34.0 Å². The fourth-order valence-corrected chi connectivity index (χ4v) is 10.9. The first kappa shape index (κ1) is 51.7. The Morgan fingerprint density at radius 2 is 1.38 bits per heavy atom. The Morgan fingerprint density at radius 3 is 1.91 bits per heavy atom. The van der Waals surface area contributed by atoms with Crippen molar-refractivity contribution in [2.75, 3.05) is 32.2 Å². The maximum atomic E-state index is 16.0. The predicted octanol–water partition coefficient (Wildman–Crippen LogP) is 6.21. The summed E-state index contributed by atoms with van der Waals surface area (Å²) in [4.78, 5) is 53.4. The standard InChI is InChI=1S/C22H25ClFN2O9P.C19H22ClFN3O7P/c1-3-18(28)34-19-16(33-20(22(19,2)24)26-9-7-17(27)25-21(26)29)12-32-36(30)31-10-8-15(35-36)13-5-4-6-14(23)11-13;1-19(21)16(25)14(30-17(19)24-7-5-15(22)23-18(24)26)10-29-32(27)28-8-6-13(31-32)11-3-2-4-12(20)9-11/h4-7,9,11,15-16,19-20H,3,8,10,12H2,1-2H3,(H,25,27,29);2-5,7,9,13-14,16-17,25H,6,8,10H2,1H3,(H2,22,23,26)/t15?,16?,19-,20?,22-,36-;13?,14?,16-,17?,19-,32-/m11/s1. The van der Waals surface area contributed by atoms with Crippen LogP contribution in [0.25, 0.3) is 0 Å². The van der Waals surface area contributed by atoms with Gasteiger partial charge < -0.3 is 25.1 Å². The number of nitrogen functional groups attached to an aromatic ring is 1. The van der Waals surface area contributed by atoms with Gasteiger partial charge in [0.1, 0.15) is 24.1 Å². The van der Waals surface area contributed by atoms with Crippen molar-refractivity contribution in [1.29, 1.82) is 0 Å². The number of carbonyl (C=O) groups is 1. The van der Waals surface area contributed by atoms with Crippen molar-refractivity contribution in [3.63, 3.8) is 0 Å². The fourth-order valence-electron chi connectivity index (χ4n) is 7.68. The van der Waals surface area contributed by atoms with Crippen LogP contribution in [0.5, 0.6) is 0 Å². The van der Waals surface area contributed by atoms with Crippen LogP contribution in [0.3, 0.4) is 0 Å². The molecule has 2 aromatic heterocycles. The summed E-state index contributed by atoms with van der Waals surface area (Å²) in [6.45, 7) is 2.80. The van der Waals surface area contributed by atoms with Crippen LogP contribution in [0.4, 0.5) is 14.6 Å². The van der Waals surface area contributed by atoms with Crippen LogP contribution in [0.1, 0.15) is 75.8 Å².